The Hall–Kier alpha value is -1.67. The molecular formula is C16H20N2. The van der Waals surface area contributed by atoms with Crippen LogP contribution in [0, 0.1) is 6.92 Å². The summed E-state index contributed by atoms with van der Waals surface area (Å²) in [7, 11) is 2.02. The van der Waals surface area contributed by atoms with Crippen molar-refractivity contribution in [2.24, 2.45) is 0 Å². The molecule has 0 bridgehead atoms. The molecule has 0 aliphatic heterocycles. The van der Waals surface area contributed by atoms with Crippen molar-refractivity contribution in [3.8, 4) is 0 Å². The molecule has 2 nitrogen and oxygen atoms in total. The molecule has 18 heavy (non-hydrogen) atoms. The molecular weight excluding hydrogens is 220 g/mol. The number of nitrogens with one attached hydrogen (secondary N) is 1. The topological polar surface area (TPSA) is 24.9 Å². The van der Waals surface area contributed by atoms with Crippen LogP contribution in [0.4, 0.5) is 0 Å². The minimum atomic E-state index is 0.327. The molecule has 2 rings (SSSR count). The number of nitrogens with zero attached hydrogens (tertiary/aromatic N) is 1. The Bertz CT molecular complexity index is 476. The second-order valence-electron chi connectivity index (χ2n) is 4.75. The molecule has 0 radical (unpaired) electrons. The highest BCUT2D eigenvalue weighted by Crippen LogP contribution is 2.29. The fourth-order valence-corrected chi connectivity index (χ4v) is 2.34. The Morgan fingerprint density at radius 1 is 0.944 bits per heavy atom. The van der Waals surface area contributed by atoms with Gasteiger partial charge in [-0.3, -0.25) is 4.98 Å². The average molecular weight is 240 g/mol. The first kappa shape index (κ1) is 12.8. The van der Waals surface area contributed by atoms with E-state index in [0.29, 0.717) is 12.0 Å². The molecule has 1 aromatic carbocycles. The van der Waals surface area contributed by atoms with Crippen molar-refractivity contribution in [2.45, 2.75) is 25.8 Å². The highest BCUT2D eigenvalue weighted by molar-refractivity contribution is 5.28. The second-order valence-corrected chi connectivity index (χ2v) is 4.75. The van der Waals surface area contributed by atoms with Gasteiger partial charge in [0, 0.05) is 24.4 Å². The first-order valence-electron chi connectivity index (χ1n) is 6.36. The Balaban J connectivity index is 2.26. The van der Waals surface area contributed by atoms with Gasteiger partial charge in [0.25, 0.3) is 0 Å². The van der Waals surface area contributed by atoms with E-state index < -0.39 is 0 Å². The monoisotopic (exact) mass is 240 g/mol. The molecule has 0 saturated heterocycles. The normalized spacial score (nSPS) is 14.2. The van der Waals surface area contributed by atoms with E-state index in [1.54, 1.807) is 0 Å². The summed E-state index contributed by atoms with van der Waals surface area (Å²) in [5.41, 5.74) is 3.93. The largest absolute Gasteiger partial charge is 0.312 e. The van der Waals surface area contributed by atoms with Crippen LogP contribution in [0.5, 0.6) is 0 Å². The number of pyridine rings is 1. The highest BCUT2D eigenvalue weighted by Gasteiger charge is 2.18. The third-order valence-corrected chi connectivity index (χ3v) is 3.48. The zero-order valence-electron chi connectivity index (χ0n) is 11.2. The minimum absolute atomic E-state index is 0.327. The van der Waals surface area contributed by atoms with Gasteiger partial charge in [-0.05, 0) is 37.2 Å². The standard InChI is InChI=1S/C16H20N2/c1-12-4-6-15(7-5-12)16(17-3)13(2)14-8-10-18-11-9-14/h4-11,13,16-17H,1-3H3. The number of benzene rings is 1. The maximum absolute atomic E-state index is 4.08. The molecule has 0 saturated carbocycles. The van der Waals surface area contributed by atoms with Gasteiger partial charge in [-0.15, -0.1) is 0 Å². The van der Waals surface area contributed by atoms with E-state index in [1.165, 1.54) is 16.7 Å². The lowest BCUT2D eigenvalue weighted by molar-refractivity contribution is 0.507. The van der Waals surface area contributed by atoms with Gasteiger partial charge in [-0.2, -0.15) is 0 Å². The summed E-state index contributed by atoms with van der Waals surface area (Å²) in [4.78, 5) is 4.08. The van der Waals surface area contributed by atoms with Crippen molar-refractivity contribution in [1.29, 1.82) is 0 Å². The molecule has 0 amide bonds. The maximum atomic E-state index is 4.08. The lowest BCUT2D eigenvalue weighted by Gasteiger charge is -2.24. The Morgan fingerprint density at radius 2 is 1.56 bits per heavy atom. The Morgan fingerprint density at radius 3 is 2.11 bits per heavy atom. The van der Waals surface area contributed by atoms with Crippen LogP contribution in [0.1, 0.15) is 35.6 Å². The zero-order chi connectivity index (χ0) is 13.0. The smallest absolute Gasteiger partial charge is 0.0384 e. The molecule has 2 unspecified atom stereocenters. The van der Waals surface area contributed by atoms with E-state index in [0.717, 1.165) is 0 Å². The van der Waals surface area contributed by atoms with Crippen LogP contribution in [0.15, 0.2) is 48.8 Å². The van der Waals surface area contributed by atoms with Crippen molar-refractivity contribution < 1.29 is 0 Å². The van der Waals surface area contributed by atoms with Gasteiger partial charge in [-0.1, -0.05) is 36.8 Å². The predicted molar refractivity (Wildman–Crippen MR) is 75.6 cm³/mol. The average Bonchev–Trinajstić information content (AvgIpc) is 2.42. The molecule has 0 spiro atoms. The number of likely N-dealkylation sites (N-methyl/N-ethyl adjacent to an activating group) is 1. The number of aromatic nitrogens is 1. The van der Waals surface area contributed by atoms with Crippen LogP contribution in [0.3, 0.4) is 0 Å². The predicted octanol–water partition coefficient (Wildman–Crippen LogP) is 3.45. The fourth-order valence-electron chi connectivity index (χ4n) is 2.34. The summed E-state index contributed by atoms with van der Waals surface area (Å²) in [5.74, 6) is 0.417. The molecule has 94 valence electrons. The molecule has 1 aromatic heterocycles. The van der Waals surface area contributed by atoms with Gasteiger partial charge >= 0.3 is 0 Å². The maximum Gasteiger partial charge on any atom is 0.0384 e. The zero-order valence-corrected chi connectivity index (χ0v) is 11.2. The van der Waals surface area contributed by atoms with Crippen LogP contribution in [0.25, 0.3) is 0 Å². The Labute approximate surface area is 109 Å². The van der Waals surface area contributed by atoms with Gasteiger partial charge < -0.3 is 5.32 Å². The van der Waals surface area contributed by atoms with E-state index in [9.17, 15) is 0 Å². The summed E-state index contributed by atoms with van der Waals surface area (Å²) in [6.45, 7) is 4.36. The van der Waals surface area contributed by atoms with E-state index in [1.807, 2.05) is 19.4 Å². The lowest BCUT2D eigenvalue weighted by Crippen LogP contribution is -2.22. The summed E-state index contributed by atoms with van der Waals surface area (Å²) in [6.07, 6.45) is 3.71. The van der Waals surface area contributed by atoms with E-state index >= 15 is 0 Å². The van der Waals surface area contributed by atoms with E-state index in [2.05, 4.69) is 60.5 Å². The van der Waals surface area contributed by atoms with Gasteiger partial charge in [0.2, 0.25) is 0 Å². The summed E-state index contributed by atoms with van der Waals surface area (Å²) >= 11 is 0. The van der Waals surface area contributed by atoms with Crippen LogP contribution < -0.4 is 5.32 Å². The molecule has 0 aliphatic rings. The molecule has 1 N–H and O–H groups in total. The van der Waals surface area contributed by atoms with Crippen LogP contribution in [0.2, 0.25) is 0 Å². The third-order valence-electron chi connectivity index (χ3n) is 3.48. The van der Waals surface area contributed by atoms with Crippen LogP contribution in [-0.2, 0) is 0 Å². The van der Waals surface area contributed by atoms with Crippen molar-refractivity contribution in [2.75, 3.05) is 7.05 Å². The van der Waals surface area contributed by atoms with Gasteiger partial charge in [-0.25, -0.2) is 0 Å². The van der Waals surface area contributed by atoms with Crippen molar-refractivity contribution >= 4 is 0 Å². The SMILES string of the molecule is CNC(c1ccc(C)cc1)C(C)c1ccncc1. The van der Waals surface area contributed by atoms with E-state index in [-0.39, 0.29) is 0 Å². The second kappa shape index (κ2) is 5.78. The third kappa shape index (κ3) is 2.77. The van der Waals surface area contributed by atoms with Gasteiger partial charge in [0.1, 0.15) is 0 Å². The van der Waals surface area contributed by atoms with Crippen LogP contribution >= 0.6 is 0 Å². The summed E-state index contributed by atoms with van der Waals surface area (Å²) in [5, 5.41) is 3.42. The first-order valence-corrected chi connectivity index (χ1v) is 6.36. The van der Waals surface area contributed by atoms with Gasteiger partial charge in [0.15, 0.2) is 0 Å². The quantitative estimate of drug-likeness (QED) is 0.885. The highest BCUT2D eigenvalue weighted by atomic mass is 14.9. The molecule has 0 aliphatic carbocycles. The molecule has 2 heteroatoms. The molecule has 2 aromatic rings. The summed E-state index contributed by atoms with van der Waals surface area (Å²) < 4.78 is 0. The fraction of sp³-hybridized carbons (Fsp3) is 0.312. The number of hydrogen-bond donors (Lipinski definition) is 1. The molecule has 2 atom stereocenters. The van der Waals surface area contributed by atoms with Crippen LogP contribution in [-0.4, -0.2) is 12.0 Å². The number of aryl methyl sites for hydroxylation is 1. The van der Waals surface area contributed by atoms with Crippen molar-refractivity contribution in [3.05, 3.63) is 65.5 Å². The lowest BCUT2D eigenvalue weighted by atomic mass is 9.89. The molecule has 1 heterocycles. The minimum Gasteiger partial charge on any atom is -0.312 e. The van der Waals surface area contributed by atoms with Gasteiger partial charge in [0.05, 0.1) is 0 Å². The van der Waals surface area contributed by atoms with E-state index in [4.69, 9.17) is 0 Å². The first-order chi connectivity index (χ1) is 8.72. The van der Waals surface area contributed by atoms with Crippen molar-refractivity contribution in [3.63, 3.8) is 0 Å². The number of hydrogen-bond acceptors (Lipinski definition) is 2. The van der Waals surface area contributed by atoms with Crippen molar-refractivity contribution in [1.82, 2.24) is 10.3 Å². The molecule has 0 fully saturated rings. The number of rotatable bonds is 4. The summed E-state index contributed by atoms with van der Waals surface area (Å²) in [6, 6.07) is 13.2. The Kier molecular flexibility index (Phi) is 4.11.